The number of esters is 1. The van der Waals surface area contributed by atoms with Crippen LogP contribution in [0.2, 0.25) is 5.02 Å². The Kier molecular flexibility index (Phi) is 5.57. The molecule has 0 amide bonds. The van der Waals surface area contributed by atoms with Crippen LogP contribution in [0.5, 0.6) is 5.75 Å². The Morgan fingerprint density at radius 1 is 1.07 bits per heavy atom. The quantitative estimate of drug-likeness (QED) is 0.619. The second-order valence-corrected chi connectivity index (χ2v) is 6.01. The molecule has 0 spiro atoms. The minimum Gasteiger partial charge on any atom is -0.497 e. The second-order valence-electron chi connectivity index (χ2n) is 5.57. The lowest BCUT2D eigenvalue weighted by molar-refractivity contribution is 0.0594. The predicted octanol–water partition coefficient (Wildman–Crippen LogP) is 5.08. The molecule has 0 aliphatic heterocycles. The van der Waals surface area contributed by atoms with Gasteiger partial charge in [-0.15, -0.1) is 0 Å². The summed E-state index contributed by atoms with van der Waals surface area (Å²) in [7, 11) is 2.80. The molecular formula is C20H16ClFN2O3. The maximum Gasteiger partial charge on any atom is 0.356 e. The number of ether oxygens (including phenoxy) is 2. The van der Waals surface area contributed by atoms with Crippen LogP contribution in [0.3, 0.4) is 0 Å². The molecule has 1 heterocycles. The Bertz CT molecular complexity index is 960. The Morgan fingerprint density at radius 3 is 2.33 bits per heavy atom. The molecule has 7 heteroatoms. The van der Waals surface area contributed by atoms with Gasteiger partial charge in [0.2, 0.25) is 0 Å². The van der Waals surface area contributed by atoms with E-state index >= 15 is 4.39 Å². The Labute approximate surface area is 160 Å². The maximum absolute atomic E-state index is 15.1. The molecule has 0 saturated heterocycles. The number of nitrogens with one attached hydrogen (secondary N) is 1. The van der Waals surface area contributed by atoms with Crippen molar-refractivity contribution in [1.29, 1.82) is 0 Å². The van der Waals surface area contributed by atoms with E-state index in [0.29, 0.717) is 22.0 Å². The van der Waals surface area contributed by atoms with Gasteiger partial charge in [0.25, 0.3) is 0 Å². The van der Waals surface area contributed by atoms with Crippen molar-refractivity contribution in [1.82, 2.24) is 4.98 Å². The fourth-order valence-electron chi connectivity index (χ4n) is 2.46. The molecule has 0 unspecified atom stereocenters. The van der Waals surface area contributed by atoms with Crippen molar-refractivity contribution in [3.8, 4) is 17.0 Å². The highest BCUT2D eigenvalue weighted by molar-refractivity contribution is 6.30. The number of benzene rings is 2. The van der Waals surface area contributed by atoms with E-state index in [1.165, 1.54) is 13.2 Å². The van der Waals surface area contributed by atoms with Crippen LogP contribution in [0.15, 0.2) is 54.6 Å². The van der Waals surface area contributed by atoms with Crippen molar-refractivity contribution in [2.75, 3.05) is 19.5 Å². The molecular weight excluding hydrogens is 371 g/mol. The zero-order valence-corrected chi connectivity index (χ0v) is 15.4. The number of aromatic nitrogens is 1. The largest absolute Gasteiger partial charge is 0.497 e. The number of hydrogen-bond donors (Lipinski definition) is 1. The molecule has 138 valence electrons. The first-order valence-corrected chi connectivity index (χ1v) is 8.35. The first kappa shape index (κ1) is 18.7. The molecule has 2 aromatic carbocycles. The summed E-state index contributed by atoms with van der Waals surface area (Å²) in [5, 5.41) is 3.47. The van der Waals surface area contributed by atoms with Crippen molar-refractivity contribution >= 4 is 28.9 Å². The van der Waals surface area contributed by atoms with Gasteiger partial charge in [0.05, 0.1) is 19.9 Å². The van der Waals surface area contributed by atoms with Gasteiger partial charge in [0.15, 0.2) is 11.5 Å². The number of methoxy groups -OCH3 is 2. The van der Waals surface area contributed by atoms with E-state index < -0.39 is 11.8 Å². The van der Waals surface area contributed by atoms with Gasteiger partial charge < -0.3 is 14.8 Å². The highest BCUT2D eigenvalue weighted by atomic mass is 35.5. The van der Waals surface area contributed by atoms with Crippen LogP contribution in [0.4, 0.5) is 15.8 Å². The molecule has 0 radical (unpaired) electrons. The monoisotopic (exact) mass is 386 g/mol. The molecule has 0 aliphatic carbocycles. The fraction of sp³-hybridized carbons (Fsp3) is 0.100. The van der Waals surface area contributed by atoms with Gasteiger partial charge in [-0.25, -0.2) is 14.2 Å². The number of pyridine rings is 1. The second kappa shape index (κ2) is 8.05. The van der Waals surface area contributed by atoms with Gasteiger partial charge >= 0.3 is 5.97 Å². The Balaban J connectivity index is 2.07. The van der Waals surface area contributed by atoms with Gasteiger partial charge in [-0.2, -0.15) is 0 Å². The minimum atomic E-state index is -0.664. The molecule has 27 heavy (non-hydrogen) atoms. The number of hydrogen-bond acceptors (Lipinski definition) is 5. The topological polar surface area (TPSA) is 60.5 Å². The summed E-state index contributed by atoms with van der Waals surface area (Å²) in [6.45, 7) is 0. The molecule has 0 bridgehead atoms. The molecule has 3 rings (SSSR count). The smallest absolute Gasteiger partial charge is 0.356 e. The average Bonchev–Trinajstić information content (AvgIpc) is 2.70. The van der Waals surface area contributed by atoms with Gasteiger partial charge in [-0.3, -0.25) is 0 Å². The van der Waals surface area contributed by atoms with E-state index in [-0.39, 0.29) is 17.1 Å². The molecule has 1 aromatic heterocycles. The lowest BCUT2D eigenvalue weighted by atomic mass is 10.1. The van der Waals surface area contributed by atoms with Crippen molar-refractivity contribution in [3.05, 3.63) is 71.1 Å². The zero-order valence-electron chi connectivity index (χ0n) is 14.6. The maximum atomic E-state index is 15.1. The van der Waals surface area contributed by atoms with Crippen LogP contribution in [-0.2, 0) is 4.74 Å². The predicted molar refractivity (Wildman–Crippen MR) is 102 cm³/mol. The molecule has 1 N–H and O–H groups in total. The van der Waals surface area contributed by atoms with Gasteiger partial charge in [-0.05, 0) is 42.5 Å². The van der Waals surface area contributed by atoms with E-state index in [1.54, 1.807) is 55.6 Å². The summed E-state index contributed by atoms with van der Waals surface area (Å²) >= 11 is 5.90. The van der Waals surface area contributed by atoms with Crippen molar-refractivity contribution in [2.45, 2.75) is 0 Å². The summed E-state index contributed by atoms with van der Waals surface area (Å²) in [6, 6.07) is 14.8. The number of halogens is 2. The van der Waals surface area contributed by atoms with E-state index in [9.17, 15) is 4.79 Å². The van der Waals surface area contributed by atoms with E-state index in [4.69, 9.17) is 21.1 Å². The molecule has 0 fully saturated rings. The van der Waals surface area contributed by atoms with Crippen molar-refractivity contribution < 1.29 is 18.7 Å². The van der Waals surface area contributed by atoms with E-state index in [0.717, 1.165) is 0 Å². The fourth-order valence-corrected chi connectivity index (χ4v) is 2.58. The number of rotatable bonds is 5. The highest BCUT2D eigenvalue weighted by Crippen LogP contribution is 2.30. The average molecular weight is 387 g/mol. The number of anilines is 2. The van der Waals surface area contributed by atoms with Gasteiger partial charge in [0, 0.05) is 16.3 Å². The molecule has 0 atom stereocenters. The van der Waals surface area contributed by atoms with Crippen LogP contribution in [0, 0.1) is 5.82 Å². The van der Waals surface area contributed by atoms with E-state index in [2.05, 4.69) is 10.3 Å². The van der Waals surface area contributed by atoms with Gasteiger partial charge in [-0.1, -0.05) is 23.7 Å². The van der Waals surface area contributed by atoms with Crippen LogP contribution < -0.4 is 10.1 Å². The number of nitrogens with zero attached hydrogens (tertiary/aromatic N) is 1. The van der Waals surface area contributed by atoms with Crippen LogP contribution in [-0.4, -0.2) is 25.2 Å². The standard InChI is InChI=1S/C20H16ClFN2O3/c1-26-15-9-7-14(8-10-15)23-16-11-17(20(25)27-2)24-19(18(16)22)12-3-5-13(21)6-4-12/h3-11H,1-2H3,(H,23,24). The summed E-state index contributed by atoms with van der Waals surface area (Å²) in [5.74, 6) is -0.586. The number of carbonyl (C=O) groups excluding carboxylic acids is 1. The third-order valence-electron chi connectivity index (χ3n) is 3.84. The third-order valence-corrected chi connectivity index (χ3v) is 4.09. The lowest BCUT2D eigenvalue weighted by Gasteiger charge is -2.13. The van der Waals surface area contributed by atoms with Gasteiger partial charge in [0.1, 0.15) is 11.4 Å². The third kappa shape index (κ3) is 4.17. The first-order chi connectivity index (χ1) is 13.0. The van der Waals surface area contributed by atoms with E-state index in [1.807, 2.05) is 0 Å². The molecule has 3 aromatic rings. The molecule has 0 saturated carbocycles. The van der Waals surface area contributed by atoms with Crippen LogP contribution >= 0.6 is 11.6 Å². The van der Waals surface area contributed by atoms with Crippen LogP contribution in [0.25, 0.3) is 11.3 Å². The van der Waals surface area contributed by atoms with Crippen molar-refractivity contribution in [3.63, 3.8) is 0 Å². The summed E-state index contributed by atoms with van der Waals surface area (Å²) in [6.07, 6.45) is 0. The number of carbonyl (C=O) groups is 1. The summed E-state index contributed by atoms with van der Waals surface area (Å²) in [4.78, 5) is 16.1. The zero-order chi connectivity index (χ0) is 19.4. The summed E-state index contributed by atoms with van der Waals surface area (Å²) in [5.41, 5.74) is 1.21. The SMILES string of the molecule is COC(=O)c1cc(Nc2ccc(OC)cc2)c(F)c(-c2ccc(Cl)cc2)n1. The summed E-state index contributed by atoms with van der Waals surface area (Å²) < 4.78 is 24.9. The molecule has 0 aliphatic rings. The van der Waals surface area contributed by atoms with Crippen LogP contribution in [0.1, 0.15) is 10.5 Å². The highest BCUT2D eigenvalue weighted by Gasteiger charge is 2.19. The Hall–Kier alpha value is -3.12. The Morgan fingerprint density at radius 2 is 1.74 bits per heavy atom. The lowest BCUT2D eigenvalue weighted by Crippen LogP contribution is -2.08. The minimum absolute atomic E-state index is 0.0140. The normalized spacial score (nSPS) is 10.4. The van der Waals surface area contributed by atoms with Crippen molar-refractivity contribution in [2.24, 2.45) is 0 Å². The molecule has 5 nitrogen and oxygen atoms in total. The first-order valence-electron chi connectivity index (χ1n) is 7.97.